The summed E-state index contributed by atoms with van der Waals surface area (Å²) in [6.45, 7) is 3.13. The van der Waals surface area contributed by atoms with Gasteiger partial charge >= 0.3 is 5.69 Å². The van der Waals surface area contributed by atoms with E-state index in [-0.39, 0.29) is 35.0 Å². The van der Waals surface area contributed by atoms with Crippen LogP contribution in [0.3, 0.4) is 0 Å². The van der Waals surface area contributed by atoms with Crippen molar-refractivity contribution in [2.24, 2.45) is 0 Å². The van der Waals surface area contributed by atoms with Gasteiger partial charge in [-0.25, -0.2) is 22.0 Å². The molecule has 2 heterocycles. The summed E-state index contributed by atoms with van der Waals surface area (Å²) in [5.41, 5.74) is -0.683. The minimum atomic E-state index is -2.26. The molecule has 2 aromatic heterocycles. The topological polar surface area (TPSA) is 108 Å². The fourth-order valence-electron chi connectivity index (χ4n) is 3.06. The summed E-state index contributed by atoms with van der Waals surface area (Å²) >= 11 is 0. The van der Waals surface area contributed by atoms with Gasteiger partial charge in [-0.2, -0.15) is 10.2 Å². The summed E-state index contributed by atoms with van der Waals surface area (Å²) < 4.78 is 70.1. The van der Waals surface area contributed by atoms with Crippen molar-refractivity contribution in [1.82, 2.24) is 19.6 Å². The molecule has 0 unspecified atom stereocenters. The zero-order chi connectivity index (χ0) is 23.9. The van der Waals surface area contributed by atoms with Crippen LogP contribution in [0.15, 0.2) is 6.20 Å². The maximum atomic E-state index is 14.0. The minimum Gasteiger partial charge on any atom is -0.321 e. The molecule has 0 atom stereocenters. The van der Waals surface area contributed by atoms with Crippen molar-refractivity contribution < 1.29 is 31.7 Å². The number of anilines is 1. The maximum Gasteiger partial charge on any atom is 0.309 e. The van der Waals surface area contributed by atoms with Crippen LogP contribution in [0, 0.1) is 60.0 Å². The standard InChI is InChI=1S/C18H15F5N6O3/c1-7-11(29(31)32)5-27(25-7)6-12(30)24-18-8(2)26-28(9(18)3)4-10-13(19)15(21)17(23)16(22)14(10)20/h5H,4,6H2,1-3H3,(H,24,30). The van der Waals surface area contributed by atoms with Gasteiger partial charge in [0.05, 0.1) is 34.1 Å². The van der Waals surface area contributed by atoms with Crippen LogP contribution in [0.1, 0.15) is 22.6 Å². The van der Waals surface area contributed by atoms with Crippen LogP contribution in [0.2, 0.25) is 0 Å². The molecule has 32 heavy (non-hydrogen) atoms. The van der Waals surface area contributed by atoms with Gasteiger partial charge in [0, 0.05) is 0 Å². The molecule has 0 aliphatic carbocycles. The molecule has 1 N–H and O–H groups in total. The Morgan fingerprint density at radius 1 is 1.00 bits per heavy atom. The number of halogens is 5. The third kappa shape index (κ3) is 4.02. The fourth-order valence-corrected chi connectivity index (χ4v) is 3.06. The number of aromatic nitrogens is 4. The molecule has 0 radical (unpaired) electrons. The number of rotatable bonds is 6. The Labute approximate surface area is 176 Å². The number of hydrogen-bond donors (Lipinski definition) is 1. The third-order valence-electron chi connectivity index (χ3n) is 4.68. The largest absolute Gasteiger partial charge is 0.321 e. The number of nitrogens with one attached hydrogen (secondary N) is 1. The van der Waals surface area contributed by atoms with E-state index in [1.165, 1.54) is 20.8 Å². The van der Waals surface area contributed by atoms with Gasteiger partial charge in [0.2, 0.25) is 11.7 Å². The molecule has 14 heteroatoms. The van der Waals surface area contributed by atoms with E-state index in [0.717, 1.165) is 15.6 Å². The van der Waals surface area contributed by atoms with Crippen LogP contribution in [-0.4, -0.2) is 30.4 Å². The van der Waals surface area contributed by atoms with Crippen LogP contribution < -0.4 is 5.32 Å². The van der Waals surface area contributed by atoms with E-state index in [1.807, 2.05) is 0 Å². The van der Waals surface area contributed by atoms with Crippen LogP contribution in [0.4, 0.5) is 33.3 Å². The summed E-state index contributed by atoms with van der Waals surface area (Å²) in [4.78, 5) is 22.6. The number of amides is 1. The first-order valence-electron chi connectivity index (χ1n) is 8.95. The quantitative estimate of drug-likeness (QED) is 0.201. The summed E-state index contributed by atoms with van der Waals surface area (Å²) in [5, 5.41) is 21.2. The van der Waals surface area contributed by atoms with Crippen molar-refractivity contribution in [3.05, 3.63) is 68.0 Å². The first kappa shape index (κ1) is 22.8. The van der Waals surface area contributed by atoms with Crippen molar-refractivity contribution in [2.75, 3.05) is 5.32 Å². The average Bonchev–Trinajstić information content (AvgIpc) is 3.22. The van der Waals surface area contributed by atoms with Gasteiger partial charge in [-0.1, -0.05) is 0 Å². The lowest BCUT2D eigenvalue weighted by molar-refractivity contribution is -0.385. The molecule has 3 aromatic rings. The Balaban J connectivity index is 1.84. The molecule has 1 aromatic carbocycles. The molecule has 0 saturated carbocycles. The monoisotopic (exact) mass is 458 g/mol. The highest BCUT2D eigenvalue weighted by molar-refractivity contribution is 5.91. The predicted molar refractivity (Wildman–Crippen MR) is 99.3 cm³/mol. The highest BCUT2D eigenvalue weighted by Crippen LogP contribution is 2.26. The van der Waals surface area contributed by atoms with Gasteiger partial charge < -0.3 is 5.32 Å². The molecule has 9 nitrogen and oxygen atoms in total. The highest BCUT2D eigenvalue weighted by Gasteiger charge is 2.27. The predicted octanol–water partition coefficient (Wildman–Crippen LogP) is 3.30. The molecular formula is C18H15F5N6O3. The second kappa shape index (κ2) is 8.36. The SMILES string of the molecule is Cc1nn(CC(=O)Nc2c(C)nn(Cc3c(F)c(F)c(F)c(F)c3F)c2C)cc1[N+](=O)[O-]. The van der Waals surface area contributed by atoms with Gasteiger partial charge in [-0.3, -0.25) is 24.3 Å². The lowest BCUT2D eigenvalue weighted by Gasteiger charge is -2.10. The van der Waals surface area contributed by atoms with E-state index in [1.54, 1.807) is 0 Å². The Bertz CT molecular complexity index is 1220. The van der Waals surface area contributed by atoms with E-state index in [4.69, 9.17) is 0 Å². The molecule has 0 bridgehead atoms. The molecule has 170 valence electrons. The number of nitrogens with zero attached hydrogens (tertiary/aromatic N) is 5. The van der Waals surface area contributed by atoms with Crippen LogP contribution in [0.5, 0.6) is 0 Å². The minimum absolute atomic E-state index is 0.116. The fraction of sp³-hybridized carbons (Fsp3) is 0.278. The number of hydrogen-bond acceptors (Lipinski definition) is 5. The third-order valence-corrected chi connectivity index (χ3v) is 4.68. The van der Waals surface area contributed by atoms with E-state index < -0.39 is 52.0 Å². The Morgan fingerprint density at radius 2 is 1.56 bits per heavy atom. The number of carbonyl (C=O) groups is 1. The Morgan fingerprint density at radius 3 is 2.09 bits per heavy atom. The van der Waals surface area contributed by atoms with Gasteiger partial charge in [-0.15, -0.1) is 0 Å². The average molecular weight is 458 g/mol. The summed E-state index contributed by atoms with van der Waals surface area (Å²) in [5.74, 6) is -11.0. The molecule has 0 aliphatic rings. The zero-order valence-corrected chi connectivity index (χ0v) is 16.8. The number of carbonyl (C=O) groups excluding carboxylic acids is 1. The first-order valence-corrected chi connectivity index (χ1v) is 8.95. The molecule has 0 saturated heterocycles. The smallest absolute Gasteiger partial charge is 0.309 e. The molecular weight excluding hydrogens is 443 g/mol. The highest BCUT2D eigenvalue weighted by atomic mass is 19.2. The number of aryl methyl sites for hydroxylation is 2. The lowest BCUT2D eigenvalue weighted by atomic mass is 10.1. The summed E-state index contributed by atoms with van der Waals surface area (Å²) in [6.07, 6.45) is 1.08. The van der Waals surface area contributed by atoms with Crippen molar-refractivity contribution >= 4 is 17.3 Å². The van der Waals surface area contributed by atoms with E-state index in [9.17, 15) is 36.9 Å². The summed E-state index contributed by atoms with van der Waals surface area (Å²) in [7, 11) is 0. The lowest BCUT2D eigenvalue weighted by Crippen LogP contribution is -2.20. The first-order chi connectivity index (χ1) is 14.9. The van der Waals surface area contributed by atoms with Crippen molar-refractivity contribution in [3.8, 4) is 0 Å². The molecule has 0 fully saturated rings. The Kier molecular flexibility index (Phi) is 5.96. The van der Waals surface area contributed by atoms with Crippen LogP contribution in [-0.2, 0) is 17.9 Å². The normalized spacial score (nSPS) is 11.1. The second-order valence-electron chi connectivity index (χ2n) is 6.85. The van der Waals surface area contributed by atoms with Crippen molar-refractivity contribution in [2.45, 2.75) is 33.9 Å². The molecule has 3 rings (SSSR count). The molecule has 0 spiro atoms. The second-order valence-corrected chi connectivity index (χ2v) is 6.85. The van der Waals surface area contributed by atoms with E-state index in [0.29, 0.717) is 0 Å². The Hall–Kier alpha value is -3.84. The van der Waals surface area contributed by atoms with Gasteiger partial charge in [0.1, 0.15) is 18.4 Å². The van der Waals surface area contributed by atoms with Crippen LogP contribution >= 0.6 is 0 Å². The molecule has 1 amide bonds. The molecule has 0 aliphatic heterocycles. The number of nitro groups is 1. The van der Waals surface area contributed by atoms with Crippen molar-refractivity contribution in [1.29, 1.82) is 0 Å². The van der Waals surface area contributed by atoms with Gasteiger partial charge in [-0.05, 0) is 20.8 Å². The zero-order valence-electron chi connectivity index (χ0n) is 16.8. The van der Waals surface area contributed by atoms with Crippen LogP contribution in [0.25, 0.3) is 0 Å². The van der Waals surface area contributed by atoms with E-state index >= 15 is 0 Å². The van der Waals surface area contributed by atoms with Gasteiger partial charge in [0.15, 0.2) is 23.3 Å². The van der Waals surface area contributed by atoms with Crippen molar-refractivity contribution in [3.63, 3.8) is 0 Å². The maximum absolute atomic E-state index is 14.0. The van der Waals surface area contributed by atoms with E-state index in [2.05, 4.69) is 15.5 Å². The van der Waals surface area contributed by atoms with Gasteiger partial charge in [0.25, 0.3) is 0 Å². The number of benzene rings is 1. The summed E-state index contributed by atoms with van der Waals surface area (Å²) in [6, 6.07) is 0.